The van der Waals surface area contributed by atoms with E-state index in [0.717, 1.165) is 17.0 Å². The Morgan fingerprint density at radius 3 is 2.86 bits per heavy atom. The molecule has 3 rings (SSSR count). The lowest BCUT2D eigenvalue weighted by atomic mass is 10.1. The standard InChI is InChI=1S/C16H16N2O2S/c1-3-12-15(11-6-4-5-7-13(11)18(12)2)16-17-10(9-21-16)8-14(19)20/h4-7,9H,3,8H2,1-2H3,(H,19,20). The van der Waals surface area contributed by atoms with E-state index < -0.39 is 5.97 Å². The van der Waals surface area contributed by atoms with Gasteiger partial charge >= 0.3 is 5.97 Å². The van der Waals surface area contributed by atoms with Gasteiger partial charge in [0.15, 0.2) is 0 Å². The Bertz CT molecular complexity index is 817. The molecule has 0 bridgehead atoms. The van der Waals surface area contributed by atoms with Crippen LogP contribution in [0.15, 0.2) is 29.6 Å². The molecule has 0 saturated heterocycles. The van der Waals surface area contributed by atoms with E-state index >= 15 is 0 Å². The van der Waals surface area contributed by atoms with Crippen LogP contribution in [0, 0.1) is 0 Å². The SMILES string of the molecule is CCc1c(-c2nc(CC(=O)O)cs2)c2ccccc2n1C. The fourth-order valence-corrected chi connectivity index (χ4v) is 3.66. The number of hydrogen-bond acceptors (Lipinski definition) is 3. The lowest BCUT2D eigenvalue weighted by Crippen LogP contribution is -2.00. The minimum absolute atomic E-state index is 0.0251. The van der Waals surface area contributed by atoms with Crippen LogP contribution in [0.5, 0.6) is 0 Å². The highest BCUT2D eigenvalue weighted by Gasteiger charge is 2.18. The molecule has 2 heterocycles. The molecule has 4 nitrogen and oxygen atoms in total. The molecule has 0 radical (unpaired) electrons. The minimum Gasteiger partial charge on any atom is -0.481 e. The van der Waals surface area contributed by atoms with Crippen molar-refractivity contribution < 1.29 is 9.90 Å². The maximum Gasteiger partial charge on any atom is 0.309 e. The van der Waals surface area contributed by atoms with Crippen LogP contribution in [0.25, 0.3) is 21.5 Å². The first-order chi connectivity index (χ1) is 10.1. The van der Waals surface area contributed by atoms with Crippen molar-refractivity contribution in [1.82, 2.24) is 9.55 Å². The molecule has 1 N–H and O–H groups in total. The summed E-state index contributed by atoms with van der Waals surface area (Å²) in [5, 5.41) is 12.8. The van der Waals surface area contributed by atoms with Crippen LogP contribution >= 0.6 is 11.3 Å². The van der Waals surface area contributed by atoms with E-state index in [0.29, 0.717) is 5.69 Å². The van der Waals surface area contributed by atoms with E-state index in [1.54, 1.807) is 0 Å². The Morgan fingerprint density at radius 1 is 1.38 bits per heavy atom. The van der Waals surface area contributed by atoms with Crippen molar-refractivity contribution >= 4 is 28.2 Å². The number of carboxylic acid groups (broad SMARTS) is 1. The number of fused-ring (bicyclic) bond motifs is 1. The molecule has 3 aromatic rings. The highest BCUT2D eigenvalue weighted by molar-refractivity contribution is 7.13. The second-order valence-electron chi connectivity index (χ2n) is 4.97. The average Bonchev–Trinajstić information content (AvgIpc) is 3.01. The van der Waals surface area contributed by atoms with Crippen LogP contribution in [0.1, 0.15) is 18.3 Å². The highest BCUT2D eigenvalue weighted by atomic mass is 32.1. The molecule has 1 aromatic carbocycles. The summed E-state index contributed by atoms with van der Waals surface area (Å²) in [4.78, 5) is 15.3. The molecule has 0 aliphatic carbocycles. The predicted molar refractivity (Wildman–Crippen MR) is 84.7 cm³/mol. The summed E-state index contributed by atoms with van der Waals surface area (Å²) < 4.78 is 2.20. The van der Waals surface area contributed by atoms with E-state index in [9.17, 15) is 4.79 Å². The third-order valence-corrected chi connectivity index (χ3v) is 4.57. The van der Waals surface area contributed by atoms with Crippen molar-refractivity contribution in [3.8, 4) is 10.6 Å². The average molecular weight is 300 g/mol. The number of nitrogens with zero attached hydrogens (tertiary/aromatic N) is 2. The number of carbonyl (C=O) groups is 1. The molecule has 0 aliphatic heterocycles. The van der Waals surface area contributed by atoms with Crippen LogP contribution in [-0.2, 0) is 24.7 Å². The molecule has 0 atom stereocenters. The second kappa shape index (κ2) is 5.33. The van der Waals surface area contributed by atoms with Gasteiger partial charge in [-0.1, -0.05) is 25.1 Å². The van der Waals surface area contributed by atoms with Crippen molar-refractivity contribution in [3.63, 3.8) is 0 Å². The fourth-order valence-electron chi connectivity index (χ4n) is 2.76. The van der Waals surface area contributed by atoms with Crippen LogP contribution in [-0.4, -0.2) is 20.6 Å². The number of carboxylic acids is 1. The Balaban J connectivity index is 2.19. The molecule has 0 amide bonds. The van der Waals surface area contributed by atoms with Gasteiger partial charge in [-0.3, -0.25) is 4.79 Å². The molecule has 0 fully saturated rings. The first-order valence-electron chi connectivity index (χ1n) is 6.84. The third kappa shape index (κ3) is 2.34. The third-order valence-electron chi connectivity index (χ3n) is 3.66. The number of aliphatic carboxylic acids is 1. The highest BCUT2D eigenvalue weighted by Crippen LogP contribution is 2.36. The topological polar surface area (TPSA) is 55.1 Å². The van der Waals surface area contributed by atoms with E-state index in [4.69, 9.17) is 5.11 Å². The van der Waals surface area contributed by atoms with Crippen LogP contribution in [0.4, 0.5) is 0 Å². The Kier molecular flexibility index (Phi) is 3.51. The van der Waals surface area contributed by atoms with Crippen molar-refractivity contribution in [2.24, 2.45) is 7.05 Å². The summed E-state index contributed by atoms with van der Waals surface area (Å²) in [5.74, 6) is -0.847. The summed E-state index contributed by atoms with van der Waals surface area (Å²) in [6.07, 6.45) is 0.886. The van der Waals surface area contributed by atoms with Gasteiger partial charge in [-0.05, 0) is 12.5 Å². The van der Waals surface area contributed by atoms with Crippen molar-refractivity contribution in [2.45, 2.75) is 19.8 Å². The minimum atomic E-state index is -0.847. The Labute approximate surface area is 126 Å². The summed E-state index contributed by atoms with van der Waals surface area (Å²) in [6, 6.07) is 8.26. The zero-order chi connectivity index (χ0) is 15.0. The number of thiazole rings is 1. The fraction of sp³-hybridized carbons (Fsp3) is 0.250. The Morgan fingerprint density at radius 2 is 2.14 bits per heavy atom. The van der Waals surface area contributed by atoms with Gasteiger partial charge in [0, 0.05) is 34.6 Å². The number of benzene rings is 1. The first kappa shape index (κ1) is 13.8. The van der Waals surface area contributed by atoms with Gasteiger partial charge in [-0.15, -0.1) is 11.3 Å². The smallest absolute Gasteiger partial charge is 0.309 e. The Hall–Kier alpha value is -2.14. The molecule has 108 valence electrons. The quantitative estimate of drug-likeness (QED) is 0.802. The molecule has 0 aliphatic rings. The lowest BCUT2D eigenvalue weighted by molar-refractivity contribution is -0.136. The van der Waals surface area contributed by atoms with E-state index in [1.807, 2.05) is 17.5 Å². The van der Waals surface area contributed by atoms with Gasteiger partial charge in [0.2, 0.25) is 0 Å². The largest absolute Gasteiger partial charge is 0.481 e. The molecule has 0 saturated carbocycles. The van der Waals surface area contributed by atoms with Gasteiger partial charge in [0.05, 0.1) is 12.1 Å². The summed E-state index contributed by atoms with van der Waals surface area (Å²) in [6.45, 7) is 2.13. The molecule has 0 spiro atoms. The summed E-state index contributed by atoms with van der Waals surface area (Å²) in [5.41, 5.74) is 4.17. The zero-order valence-corrected chi connectivity index (χ0v) is 12.8. The van der Waals surface area contributed by atoms with Crippen LogP contribution in [0.2, 0.25) is 0 Å². The van der Waals surface area contributed by atoms with Crippen molar-refractivity contribution in [3.05, 3.63) is 41.0 Å². The molecular formula is C16H16N2O2S. The molecule has 5 heteroatoms. The summed E-state index contributed by atoms with van der Waals surface area (Å²) >= 11 is 1.51. The van der Waals surface area contributed by atoms with Gasteiger partial charge in [0.25, 0.3) is 0 Å². The molecule has 2 aromatic heterocycles. The number of hydrogen-bond donors (Lipinski definition) is 1. The van der Waals surface area contributed by atoms with Gasteiger partial charge in [0.1, 0.15) is 5.01 Å². The van der Waals surface area contributed by atoms with E-state index in [1.165, 1.54) is 27.9 Å². The number of para-hydroxylation sites is 1. The maximum absolute atomic E-state index is 10.8. The second-order valence-corrected chi connectivity index (χ2v) is 5.82. The number of aryl methyl sites for hydroxylation is 1. The molecule has 21 heavy (non-hydrogen) atoms. The lowest BCUT2D eigenvalue weighted by Gasteiger charge is -2.02. The van der Waals surface area contributed by atoms with Gasteiger partial charge in [-0.2, -0.15) is 0 Å². The maximum atomic E-state index is 10.8. The monoisotopic (exact) mass is 300 g/mol. The summed E-state index contributed by atoms with van der Waals surface area (Å²) in [7, 11) is 2.07. The van der Waals surface area contributed by atoms with Crippen molar-refractivity contribution in [1.29, 1.82) is 0 Å². The first-order valence-corrected chi connectivity index (χ1v) is 7.72. The van der Waals surface area contributed by atoms with Crippen LogP contribution in [0.3, 0.4) is 0 Å². The zero-order valence-electron chi connectivity index (χ0n) is 12.0. The van der Waals surface area contributed by atoms with Crippen molar-refractivity contribution in [2.75, 3.05) is 0 Å². The van der Waals surface area contributed by atoms with E-state index in [2.05, 4.69) is 35.7 Å². The van der Waals surface area contributed by atoms with Gasteiger partial charge in [-0.25, -0.2) is 4.98 Å². The van der Waals surface area contributed by atoms with E-state index in [-0.39, 0.29) is 6.42 Å². The van der Waals surface area contributed by atoms with Crippen LogP contribution < -0.4 is 0 Å². The normalized spacial score (nSPS) is 11.1. The molecule has 0 unspecified atom stereocenters. The number of aromatic nitrogens is 2. The number of rotatable bonds is 4. The predicted octanol–water partition coefficient (Wildman–Crippen LogP) is 3.49. The molecular weight excluding hydrogens is 284 g/mol. The van der Waals surface area contributed by atoms with Gasteiger partial charge < -0.3 is 9.67 Å².